The molecule has 1 rings (SSSR count). The zero-order valence-electron chi connectivity index (χ0n) is 11.6. The zero-order valence-corrected chi connectivity index (χ0v) is 12.4. The SMILES string of the molecule is CC(=O)NC(CCSCC(=O)Nc1nnc(C)o1)C(=O)O. The van der Waals surface area contributed by atoms with Crippen molar-refractivity contribution in [3.8, 4) is 0 Å². The summed E-state index contributed by atoms with van der Waals surface area (Å²) in [5.41, 5.74) is 0. The molecule has 3 N–H and O–H groups in total. The van der Waals surface area contributed by atoms with Gasteiger partial charge in [0, 0.05) is 13.8 Å². The maximum atomic E-state index is 11.5. The highest BCUT2D eigenvalue weighted by molar-refractivity contribution is 7.99. The monoisotopic (exact) mass is 316 g/mol. The number of hydrogen-bond acceptors (Lipinski definition) is 7. The molecule has 0 bridgehead atoms. The van der Waals surface area contributed by atoms with E-state index in [2.05, 4.69) is 20.8 Å². The van der Waals surface area contributed by atoms with Gasteiger partial charge in [0.15, 0.2) is 0 Å². The zero-order chi connectivity index (χ0) is 15.8. The van der Waals surface area contributed by atoms with Gasteiger partial charge in [-0.3, -0.25) is 14.9 Å². The Labute approximate surface area is 124 Å². The van der Waals surface area contributed by atoms with Gasteiger partial charge in [0.1, 0.15) is 6.04 Å². The molecule has 9 nitrogen and oxygen atoms in total. The Balaban J connectivity index is 2.24. The molecular formula is C11H16N4O5S. The number of nitrogens with zero attached hydrogens (tertiary/aromatic N) is 2. The fourth-order valence-electron chi connectivity index (χ4n) is 1.37. The summed E-state index contributed by atoms with van der Waals surface area (Å²) < 4.78 is 4.99. The van der Waals surface area contributed by atoms with Crippen molar-refractivity contribution in [2.24, 2.45) is 0 Å². The average molecular weight is 316 g/mol. The molecule has 0 saturated carbocycles. The van der Waals surface area contributed by atoms with Crippen LogP contribution in [0.2, 0.25) is 0 Å². The van der Waals surface area contributed by atoms with Crippen LogP contribution in [0, 0.1) is 6.92 Å². The molecule has 21 heavy (non-hydrogen) atoms. The van der Waals surface area contributed by atoms with Gasteiger partial charge in [0.2, 0.25) is 17.7 Å². The minimum atomic E-state index is -1.10. The first-order chi connectivity index (χ1) is 9.88. The standard InChI is InChI=1S/C11H16N4O5S/c1-6(16)12-8(10(18)19)3-4-21-5-9(17)13-11-15-14-7(2)20-11/h8H,3-5H2,1-2H3,(H,12,16)(H,18,19)(H,13,15,17). The van der Waals surface area contributed by atoms with Crippen LogP contribution in [-0.4, -0.2) is 50.6 Å². The van der Waals surface area contributed by atoms with Crippen LogP contribution in [0.1, 0.15) is 19.2 Å². The predicted octanol–water partition coefficient (Wildman–Crippen LogP) is 0.0291. The number of thioether (sulfide) groups is 1. The normalized spacial score (nSPS) is 11.7. The number of aliphatic carboxylic acids is 1. The third kappa shape index (κ3) is 6.75. The highest BCUT2D eigenvalue weighted by atomic mass is 32.2. The molecule has 0 aliphatic rings. The van der Waals surface area contributed by atoms with E-state index in [1.165, 1.54) is 18.7 Å². The Hall–Kier alpha value is -2.10. The second-order valence-corrected chi connectivity index (χ2v) is 5.21. The number of amides is 2. The maximum Gasteiger partial charge on any atom is 0.326 e. The molecule has 0 saturated heterocycles. The van der Waals surface area contributed by atoms with Crippen molar-refractivity contribution in [1.29, 1.82) is 0 Å². The fourth-order valence-corrected chi connectivity index (χ4v) is 2.18. The van der Waals surface area contributed by atoms with E-state index in [0.717, 1.165) is 0 Å². The predicted molar refractivity (Wildman–Crippen MR) is 74.8 cm³/mol. The molecule has 1 aromatic rings. The molecule has 116 valence electrons. The van der Waals surface area contributed by atoms with E-state index in [4.69, 9.17) is 9.52 Å². The molecular weight excluding hydrogens is 300 g/mol. The lowest BCUT2D eigenvalue weighted by molar-refractivity contribution is -0.141. The topological polar surface area (TPSA) is 134 Å². The van der Waals surface area contributed by atoms with Gasteiger partial charge in [-0.05, 0) is 12.2 Å². The van der Waals surface area contributed by atoms with Gasteiger partial charge in [-0.1, -0.05) is 5.10 Å². The maximum absolute atomic E-state index is 11.5. The fraction of sp³-hybridized carbons (Fsp3) is 0.545. The average Bonchev–Trinajstić information content (AvgIpc) is 2.77. The van der Waals surface area contributed by atoms with Crippen LogP contribution in [0.4, 0.5) is 6.01 Å². The molecule has 0 aliphatic heterocycles. The largest absolute Gasteiger partial charge is 0.480 e. The molecule has 0 spiro atoms. The second kappa shape index (κ2) is 8.25. The molecule has 10 heteroatoms. The van der Waals surface area contributed by atoms with Gasteiger partial charge in [0.05, 0.1) is 5.75 Å². The van der Waals surface area contributed by atoms with Gasteiger partial charge in [-0.2, -0.15) is 11.8 Å². The number of anilines is 1. The lowest BCUT2D eigenvalue weighted by Gasteiger charge is -2.12. The van der Waals surface area contributed by atoms with Crippen LogP contribution in [0.15, 0.2) is 4.42 Å². The highest BCUT2D eigenvalue weighted by Gasteiger charge is 2.18. The van der Waals surface area contributed by atoms with Crippen LogP contribution in [0.5, 0.6) is 0 Å². The molecule has 1 aromatic heterocycles. The van der Waals surface area contributed by atoms with Gasteiger partial charge >= 0.3 is 12.0 Å². The number of nitrogens with one attached hydrogen (secondary N) is 2. The summed E-state index contributed by atoms with van der Waals surface area (Å²) in [6.07, 6.45) is 0.229. The summed E-state index contributed by atoms with van der Waals surface area (Å²) >= 11 is 1.24. The lowest BCUT2D eigenvalue weighted by Crippen LogP contribution is -2.40. The third-order valence-corrected chi connectivity index (χ3v) is 3.22. The van der Waals surface area contributed by atoms with Crippen LogP contribution >= 0.6 is 11.8 Å². The first-order valence-corrected chi connectivity index (χ1v) is 7.21. The Bertz CT molecular complexity index is 518. The van der Waals surface area contributed by atoms with E-state index in [1.54, 1.807) is 6.92 Å². The number of carbonyl (C=O) groups excluding carboxylic acids is 2. The van der Waals surface area contributed by atoms with Gasteiger partial charge in [-0.15, -0.1) is 5.10 Å². The number of carbonyl (C=O) groups is 3. The summed E-state index contributed by atoms with van der Waals surface area (Å²) in [5, 5.41) is 20.8. The van der Waals surface area contributed by atoms with Crippen molar-refractivity contribution in [3.05, 3.63) is 5.89 Å². The number of rotatable bonds is 8. The molecule has 0 fully saturated rings. The molecule has 1 unspecified atom stereocenters. The van der Waals surface area contributed by atoms with E-state index >= 15 is 0 Å². The number of aromatic nitrogens is 2. The lowest BCUT2D eigenvalue weighted by atomic mass is 10.2. The van der Waals surface area contributed by atoms with Crippen molar-refractivity contribution < 1.29 is 23.9 Å². The molecule has 2 amide bonds. The summed E-state index contributed by atoms with van der Waals surface area (Å²) in [6, 6.07) is -0.920. The Morgan fingerprint density at radius 3 is 2.62 bits per heavy atom. The summed E-state index contributed by atoms with van der Waals surface area (Å²) in [6.45, 7) is 2.86. The minimum absolute atomic E-state index is 0.0276. The molecule has 0 aliphatic carbocycles. The summed E-state index contributed by atoms with van der Waals surface area (Å²) in [5.74, 6) is -0.956. The smallest absolute Gasteiger partial charge is 0.326 e. The molecule has 0 radical (unpaired) electrons. The second-order valence-electron chi connectivity index (χ2n) is 4.11. The van der Waals surface area contributed by atoms with Crippen LogP contribution in [-0.2, 0) is 14.4 Å². The van der Waals surface area contributed by atoms with E-state index in [0.29, 0.717) is 11.6 Å². The third-order valence-electron chi connectivity index (χ3n) is 2.23. The highest BCUT2D eigenvalue weighted by Crippen LogP contribution is 2.08. The Morgan fingerprint density at radius 2 is 2.10 bits per heavy atom. The number of aryl methyl sites for hydroxylation is 1. The molecule has 1 atom stereocenters. The molecule has 0 aromatic carbocycles. The van der Waals surface area contributed by atoms with Crippen LogP contribution in [0.25, 0.3) is 0 Å². The van der Waals surface area contributed by atoms with Crippen LogP contribution < -0.4 is 10.6 Å². The van der Waals surface area contributed by atoms with E-state index < -0.39 is 17.9 Å². The van der Waals surface area contributed by atoms with Gasteiger partial charge < -0.3 is 14.8 Å². The summed E-state index contributed by atoms with van der Waals surface area (Å²) in [4.78, 5) is 33.2. The van der Waals surface area contributed by atoms with Crippen molar-refractivity contribution in [2.75, 3.05) is 16.8 Å². The number of carboxylic acids is 1. The Morgan fingerprint density at radius 1 is 1.38 bits per heavy atom. The van der Waals surface area contributed by atoms with Crippen molar-refractivity contribution in [3.63, 3.8) is 0 Å². The summed E-state index contributed by atoms with van der Waals surface area (Å²) in [7, 11) is 0. The van der Waals surface area contributed by atoms with Crippen molar-refractivity contribution in [2.45, 2.75) is 26.3 Å². The first kappa shape index (κ1) is 17.0. The molecule has 1 heterocycles. The minimum Gasteiger partial charge on any atom is -0.480 e. The first-order valence-electron chi connectivity index (χ1n) is 6.06. The van der Waals surface area contributed by atoms with Gasteiger partial charge in [-0.25, -0.2) is 4.79 Å². The van der Waals surface area contributed by atoms with Crippen LogP contribution in [0.3, 0.4) is 0 Å². The number of carboxylic acid groups (broad SMARTS) is 1. The van der Waals surface area contributed by atoms with Crippen molar-refractivity contribution >= 4 is 35.6 Å². The quantitative estimate of drug-likeness (QED) is 0.572. The van der Waals surface area contributed by atoms with E-state index in [9.17, 15) is 14.4 Å². The van der Waals surface area contributed by atoms with Crippen molar-refractivity contribution in [1.82, 2.24) is 15.5 Å². The van der Waals surface area contributed by atoms with E-state index in [-0.39, 0.29) is 24.1 Å². The van der Waals surface area contributed by atoms with E-state index in [1.807, 2.05) is 0 Å². The number of hydrogen-bond donors (Lipinski definition) is 3. The Kier molecular flexibility index (Phi) is 6.66. The van der Waals surface area contributed by atoms with Gasteiger partial charge in [0.25, 0.3) is 0 Å².